The molecule has 2 heterocycles. The molecule has 0 spiro atoms. The van der Waals surface area contributed by atoms with Gasteiger partial charge in [0.25, 0.3) is 0 Å². The highest BCUT2D eigenvalue weighted by Crippen LogP contribution is 1.98. The largest absolute Gasteiger partial charge is 0.357 e. The number of aromatic nitrogens is 4. The Morgan fingerprint density at radius 2 is 2.25 bits per heavy atom. The van der Waals surface area contributed by atoms with Gasteiger partial charge in [0.05, 0.1) is 0 Å². The first-order valence-corrected chi connectivity index (χ1v) is 5.40. The smallest absolute Gasteiger partial charge is 0.138 e. The lowest BCUT2D eigenvalue weighted by molar-refractivity contribution is 0.633. The van der Waals surface area contributed by atoms with Crippen molar-refractivity contribution in [2.45, 2.75) is 13.0 Å². The lowest BCUT2D eigenvalue weighted by Crippen LogP contribution is -2.18. The molecule has 2 aromatic rings. The van der Waals surface area contributed by atoms with Crippen LogP contribution in [0.3, 0.4) is 0 Å². The number of hydrogen-bond acceptors (Lipinski definition) is 3. The van der Waals surface area contributed by atoms with Crippen molar-refractivity contribution in [3.8, 4) is 0 Å². The Morgan fingerprint density at radius 1 is 1.38 bits per heavy atom. The number of nitrogens with zero attached hydrogens (tertiary/aromatic N) is 4. The number of rotatable bonds is 5. The van der Waals surface area contributed by atoms with Gasteiger partial charge in [0, 0.05) is 46.0 Å². The maximum absolute atomic E-state index is 4.17. The first kappa shape index (κ1) is 10.9. The summed E-state index contributed by atoms with van der Waals surface area (Å²) in [6.07, 6.45) is 6.67. The minimum Gasteiger partial charge on any atom is -0.357 e. The molecule has 2 rings (SSSR count). The van der Waals surface area contributed by atoms with E-state index in [0.29, 0.717) is 0 Å². The fraction of sp³-hybridized carbons (Fsp3) is 0.455. The molecule has 1 N–H and O–H groups in total. The third-order valence-electron chi connectivity index (χ3n) is 2.55. The molecule has 0 aliphatic rings. The Bertz CT molecular complexity index is 443. The summed E-state index contributed by atoms with van der Waals surface area (Å²) in [6, 6.07) is 2.12. The third-order valence-corrected chi connectivity index (χ3v) is 2.55. The van der Waals surface area contributed by atoms with Crippen molar-refractivity contribution < 1.29 is 0 Å². The van der Waals surface area contributed by atoms with Crippen LogP contribution in [0, 0.1) is 0 Å². The highest BCUT2D eigenvalue weighted by molar-refractivity contribution is 5.09. The quantitative estimate of drug-likeness (QED) is 0.744. The van der Waals surface area contributed by atoms with Crippen LogP contribution in [-0.4, -0.2) is 25.9 Å². The number of aryl methyl sites for hydroxylation is 2. The van der Waals surface area contributed by atoms with Gasteiger partial charge in [0.2, 0.25) is 0 Å². The van der Waals surface area contributed by atoms with Crippen LogP contribution in [0.4, 0.5) is 0 Å². The van der Waals surface area contributed by atoms with Gasteiger partial charge in [-0.05, 0) is 11.6 Å². The molecule has 5 heteroatoms. The molecular formula is C11H17N5. The predicted octanol–water partition coefficient (Wildman–Crippen LogP) is 0.486. The second-order valence-electron chi connectivity index (χ2n) is 3.91. The van der Waals surface area contributed by atoms with Gasteiger partial charge in [0.15, 0.2) is 0 Å². The molecule has 0 saturated carbocycles. The van der Waals surface area contributed by atoms with Crippen LogP contribution in [0.15, 0.2) is 24.8 Å². The maximum Gasteiger partial charge on any atom is 0.138 e. The summed E-state index contributed by atoms with van der Waals surface area (Å²) in [5.41, 5.74) is 1.31. The summed E-state index contributed by atoms with van der Waals surface area (Å²) < 4.78 is 3.86. The van der Waals surface area contributed by atoms with Gasteiger partial charge < -0.3 is 9.88 Å². The standard InChI is InChI=1S/C11H17N5/c1-15-6-4-10(8-15)7-12-5-3-11-13-9-14-16(11)2/h4,6,8-9,12H,3,5,7H2,1-2H3. The molecule has 0 atom stereocenters. The van der Waals surface area contributed by atoms with E-state index in [-0.39, 0.29) is 0 Å². The molecule has 5 nitrogen and oxygen atoms in total. The van der Waals surface area contributed by atoms with Crippen LogP contribution in [0.1, 0.15) is 11.4 Å². The van der Waals surface area contributed by atoms with Gasteiger partial charge in [-0.1, -0.05) is 0 Å². The summed E-state index contributed by atoms with van der Waals surface area (Å²) in [5.74, 6) is 1.01. The molecule has 0 saturated heterocycles. The number of nitrogens with one attached hydrogen (secondary N) is 1. The van der Waals surface area contributed by atoms with Crippen molar-refractivity contribution in [2.75, 3.05) is 6.54 Å². The SMILES string of the molecule is Cn1ccc(CNCCc2ncnn2C)c1. The molecule has 16 heavy (non-hydrogen) atoms. The van der Waals surface area contributed by atoms with Crippen molar-refractivity contribution in [3.63, 3.8) is 0 Å². The van der Waals surface area contributed by atoms with Crippen LogP contribution in [-0.2, 0) is 27.1 Å². The van der Waals surface area contributed by atoms with Crippen LogP contribution < -0.4 is 5.32 Å². The Balaban J connectivity index is 1.71. The summed E-state index contributed by atoms with van der Waals surface area (Å²) >= 11 is 0. The van der Waals surface area contributed by atoms with Crippen molar-refractivity contribution >= 4 is 0 Å². The van der Waals surface area contributed by atoms with Gasteiger partial charge in [-0.15, -0.1) is 0 Å². The van der Waals surface area contributed by atoms with E-state index in [1.807, 2.05) is 18.8 Å². The Hall–Kier alpha value is -1.62. The molecule has 0 amide bonds. The molecule has 2 aromatic heterocycles. The monoisotopic (exact) mass is 219 g/mol. The summed E-state index contributed by atoms with van der Waals surface area (Å²) in [4.78, 5) is 4.17. The lowest BCUT2D eigenvalue weighted by Gasteiger charge is -2.02. The second kappa shape index (κ2) is 4.94. The van der Waals surface area contributed by atoms with E-state index >= 15 is 0 Å². The van der Waals surface area contributed by atoms with Crippen LogP contribution in [0.2, 0.25) is 0 Å². The van der Waals surface area contributed by atoms with E-state index in [4.69, 9.17) is 0 Å². The van der Waals surface area contributed by atoms with E-state index in [0.717, 1.165) is 25.3 Å². The minimum absolute atomic E-state index is 0.901. The van der Waals surface area contributed by atoms with E-state index in [2.05, 4.69) is 38.4 Å². The molecule has 86 valence electrons. The van der Waals surface area contributed by atoms with Crippen molar-refractivity contribution in [2.24, 2.45) is 14.1 Å². The topological polar surface area (TPSA) is 47.7 Å². The van der Waals surface area contributed by atoms with E-state index in [1.165, 1.54) is 5.56 Å². The zero-order chi connectivity index (χ0) is 11.4. The predicted molar refractivity (Wildman–Crippen MR) is 61.8 cm³/mol. The maximum atomic E-state index is 4.17. The molecule has 0 aromatic carbocycles. The molecule has 0 radical (unpaired) electrons. The third kappa shape index (κ3) is 2.70. The van der Waals surface area contributed by atoms with Gasteiger partial charge in [-0.25, -0.2) is 4.98 Å². The Kier molecular flexibility index (Phi) is 3.36. The van der Waals surface area contributed by atoms with Crippen molar-refractivity contribution in [1.82, 2.24) is 24.6 Å². The summed E-state index contributed by atoms with van der Waals surface area (Å²) in [7, 11) is 3.95. The van der Waals surface area contributed by atoms with Gasteiger partial charge in [0.1, 0.15) is 12.2 Å². The van der Waals surface area contributed by atoms with Gasteiger partial charge >= 0.3 is 0 Å². The minimum atomic E-state index is 0.901. The van der Waals surface area contributed by atoms with E-state index in [9.17, 15) is 0 Å². The highest BCUT2D eigenvalue weighted by atomic mass is 15.3. The highest BCUT2D eigenvalue weighted by Gasteiger charge is 1.99. The molecule has 0 unspecified atom stereocenters. The van der Waals surface area contributed by atoms with E-state index < -0.39 is 0 Å². The van der Waals surface area contributed by atoms with Crippen LogP contribution in [0.25, 0.3) is 0 Å². The molecular weight excluding hydrogens is 202 g/mol. The molecule has 0 fully saturated rings. The van der Waals surface area contributed by atoms with Crippen molar-refractivity contribution in [3.05, 3.63) is 36.2 Å². The first-order chi connectivity index (χ1) is 7.75. The molecule has 0 aliphatic carbocycles. The van der Waals surface area contributed by atoms with Crippen LogP contribution >= 0.6 is 0 Å². The second-order valence-corrected chi connectivity index (χ2v) is 3.91. The zero-order valence-electron chi connectivity index (χ0n) is 9.72. The Morgan fingerprint density at radius 3 is 2.88 bits per heavy atom. The first-order valence-electron chi connectivity index (χ1n) is 5.40. The van der Waals surface area contributed by atoms with Crippen LogP contribution in [0.5, 0.6) is 0 Å². The molecule has 0 bridgehead atoms. The average molecular weight is 219 g/mol. The average Bonchev–Trinajstić information content (AvgIpc) is 2.83. The van der Waals surface area contributed by atoms with E-state index in [1.54, 1.807) is 6.33 Å². The molecule has 0 aliphatic heterocycles. The van der Waals surface area contributed by atoms with Gasteiger partial charge in [-0.2, -0.15) is 5.10 Å². The van der Waals surface area contributed by atoms with Gasteiger partial charge in [-0.3, -0.25) is 4.68 Å². The fourth-order valence-corrected chi connectivity index (χ4v) is 1.64. The normalized spacial score (nSPS) is 10.9. The Labute approximate surface area is 95.1 Å². The van der Waals surface area contributed by atoms with Crippen molar-refractivity contribution in [1.29, 1.82) is 0 Å². The lowest BCUT2D eigenvalue weighted by atomic mass is 10.3. The summed E-state index contributed by atoms with van der Waals surface area (Å²) in [6.45, 7) is 1.82. The summed E-state index contributed by atoms with van der Waals surface area (Å²) in [5, 5.41) is 7.42. The zero-order valence-corrected chi connectivity index (χ0v) is 9.72. The fourth-order valence-electron chi connectivity index (χ4n) is 1.64. The number of hydrogen-bond donors (Lipinski definition) is 1.